The van der Waals surface area contributed by atoms with E-state index in [1.165, 1.54) is 0 Å². The minimum absolute atomic E-state index is 0.225. The molecule has 0 bridgehead atoms. The molecule has 20 heavy (non-hydrogen) atoms. The second-order valence-electron chi connectivity index (χ2n) is 4.35. The Bertz CT molecular complexity index is 628. The number of carbonyl (C=O) groups is 1. The number of anilines is 2. The molecule has 0 aliphatic carbocycles. The summed E-state index contributed by atoms with van der Waals surface area (Å²) in [6.45, 7) is 4.83. The van der Waals surface area contributed by atoms with Crippen molar-refractivity contribution in [1.82, 2.24) is 4.98 Å². The summed E-state index contributed by atoms with van der Waals surface area (Å²) in [5.41, 5.74) is 2.62. The summed E-state index contributed by atoms with van der Waals surface area (Å²) < 4.78 is 0. The van der Waals surface area contributed by atoms with Crippen molar-refractivity contribution in [1.29, 1.82) is 0 Å². The van der Waals surface area contributed by atoms with E-state index in [2.05, 4.69) is 15.6 Å². The fourth-order valence-electron chi connectivity index (χ4n) is 1.85. The van der Waals surface area contributed by atoms with Crippen LogP contribution in [0.2, 0.25) is 5.02 Å². The van der Waals surface area contributed by atoms with Crippen molar-refractivity contribution in [3.8, 4) is 0 Å². The highest BCUT2D eigenvalue weighted by Crippen LogP contribution is 2.20. The molecule has 4 nitrogen and oxygen atoms in total. The molecule has 1 heterocycles. The van der Waals surface area contributed by atoms with Crippen LogP contribution in [0.4, 0.5) is 11.5 Å². The maximum Gasteiger partial charge on any atom is 0.256 e. The van der Waals surface area contributed by atoms with Crippen molar-refractivity contribution < 1.29 is 4.79 Å². The maximum absolute atomic E-state index is 12.2. The topological polar surface area (TPSA) is 54.0 Å². The molecular formula is C15H16ClN3O. The molecule has 0 radical (unpaired) electrons. The van der Waals surface area contributed by atoms with Crippen molar-refractivity contribution in [3.05, 3.63) is 52.7 Å². The Morgan fingerprint density at radius 3 is 2.80 bits per heavy atom. The summed E-state index contributed by atoms with van der Waals surface area (Å²) in [5, 5.41) is 6.36. The molecule has 2 N–H and O–H groups in total. The molecule has 0 spiro atoms. The first-order valence-corrected chi connectivity index (χ1v) is 6.76. The van der Waals surface area contributed by atoms with Gasteiger partial charge in [-0.05, 0) is 49.7 Å². The van der Waals surface area contributed by atoms with Crippen LogP contribution in [-0.2, 0) is 0 Å². The van der Waals surface area contributed by atoms with E-state index in [0.717, 1.165) is 17.8 Å². The third-order valence-corrected chi connectivity index (χ3v) is 3.15. The predicted molar refractivity (Wildman–Crippen MR) is 82.5 cm³/mol. The first kappa shape index (κ1) is 14.3. The highest BCUT2D eigenvalue weighted by molar-refractivity contribution is 6.33. The summed E-state index contributed by atoms with van der Waals surface area (Å²) in [6.07, 6.45) is 1.58. The van der Waals surface area contributed by atoms with Gasteiger partial charge in [0.1, 0.15) is 0 Å². The molecule has 0 atom stereocenters. The van der Waals surface area contributed by atoms with Crippen LogP contribution in [0, 0.1) is 6.92 Å². The third-order valence-electron chi connectivity index (χ3n) is 2.85. The SMILES string of the molecule is CCNc1ccc(C(=O)Nc2ncccc2Cl)cc1C. The van der Waals surface area contributed by atoms with E-state index in [9.17, 15) is 4.79 Å². The number of aryl methyl sites for hydroxylation is 1. The molecule has 1 aromatic heterocycles. The van der Waals surface area contributed by atoms with Crippen LogP contribution in [0.25, 0.3) is 0 Å². The van der Waals surface area contributed by atoms with Gasteiger partial charge in [-0.1, -0.05) is 11.6 Å². The zero-order valence-electron chi connectivity index (χ0n) is 11.4. The van der Waals surface area contributed by atoms with Crippen LogP contribution in [0.3, 0.4) is 0 Å². The lowest BCUT2D eigenvalue weighted by atomic mass is 10.1. The first-order chi connectivity index (χ1) is 9.61. The molecule has 0 aliphatic rings. The third kappa shape index (κ3) is 3.27. The van der Waals surface area contributed by atoms with Gasteiger partial charge in [-0.25, -0.2) is 4.98 Å². The molecule has 0 saturated carbocycles. The Labute approximate surface area is 123 Å². The van der Waals surface area contributed by atoms with Crippen LogP contribution < -0.4 is 10.6 Å². The number of halogens is 1. The van der Waals surface area contributed by atoms with E-state index < -0.39 is 0 Å². The lowest BCUT2D eigenvalue weighted by molar-refractivity contribution is 0.102. The van der Waals surface area contributed by atoms with E-state index in [1.807, 2.05) is 26.0 Å². The summed E-state index contributed by atoms with van der Waals surface area (Å²) in [5.74, 6) is 0.143. The molecular weight excluding hydrogens is 274 g/mol. The van der Waals surface area contributed by atoms with Crippen LogP contribution in [0.15, 0.2) is 36.5 Å². The molecule has 1 aromatic carbocycles. The normalized spacial score (nSPS) is 10.2. The van der Waals surface area contributed by atoms with Crippen LogP contribution >= 0.6 is 11.6 Å². The minimum Gasteiger partial charge on any atom is -0.385 e. The Morgan fingerprint density at radius 2 is 2.15 bits per heavy atom. The summed E-state index contributed by atoms with van der Waals surface area (Å²) in [4.78, 5) is 16.2. The molecule has 2 rings (SSSR count). The summed E-state index contributed by atoms with van der Waals surface area (Å²) in [6, 6.07) is 8.91. The van der Waals surface area contributed by atoms with Gasteiger partial charge in [0.05, 0.1) is 5.02 Å². The van der Waals surface area contributed by atoms with Crippen LogP contribution in [-0.4, -0.2) is 17.4 Å². The number of rotatable bonds is 4. The number of hydrogen-bond donors (Lipinski definition) is 2. The van der Waals surface area contributed by atoms with E-state index in [1.54, 1.807) is 24.4 Å². The maximum atomic E-state index is 12.2. The Morgan fingerprint density at radius 1 is 1.35 bits per heavy atom. The molecule has 104 valence electrons. The van der Waals surface area contributed by atoms with Gasteiger partial charge in [0.2, 0.25) is 0 Å². The lowest BCUT2D eigenvalue weighted by Gasteiger charge is -2.10. The standard InChI is InChI=1S/C15H16ClN3O/c1-3-17-13-7-6-11(9-10(13)2)15(20)19-14-12(16)5-4-8-18-14/h4-9,17H,3H2,1-2H3,(H,18,19,20). The second kappa shape index (κ2) is 6.39. The van der Waals surface area contributed by atoms with Gasteiger partial charge < -0.3 is 10.6 Å². The number of carbonyl (C=O) groups excluding carboxylic acids is 1. The molecule has 0 unspecified atom stereocenters. The van der Waals surface area contributed by atoms with Crippen LogP contribution in [0.1, 0.15) is 22.8 Å². The van der Waals surface area contributed by atoms with Gasteiger partial charge in [0.15, 0.2) is 5.82 Å². The van der Waals surface area contributed by atoms with Crippen molar-refractivity contribution in [3.63, 3.8) is 0 Å². The highest BCUT2D eigenvalue weighted by atomic mass is 35.5. The van der Waals surface area contributed by atoms with Gasteiger partial charge in [0.25, 0.3) is 5.91 Å². The summed E-state index contributed by atoms with van der Waals surface area (Å²) in [7, 11) is 0. The first-order valence-electron chi connectivity index (χ1n) is 6.38. The van der Waals surface area contributed by atoms with Gasteiger partial charge >= 0.3 is 0 Å². The average molecular weight is 290 g/mol. The fraction of sp³-hybridized carbons (Fsp3) is 0.200. The molecule has 0 saturated heterocycles. The lowest BCUT2D eigenvalue weighted by Crippen LogP contribution is -2.13. The second-order valence-corrected chi connectivity index (χ2v) is 4.76. The van der Waals surface area contributed by atoms with Crippen molar-refractivity contribution in [2.75, 3.05) is 17.2 Å². The number of aromatic nitrogens is 1. The quantitative estimate of drug-likeness (QED) is 0.902. The minimum atomic E-state index is -0.225. The van der Waals surface area contributed by atoms with Gasteiger partial charge in [0, 0.05) is 24.0 Å². The van der Waals surface area contributed by atoms with Gasteiger partial charge in [-0.3, -0.25) is 4.79 Å². The van der Waals surface area contributed by atoms with Crippen molar-refractivity contribution in [2.24, 2.45) is 0 Å². The zero-order chi connectivity index (χ0) is 14.5. The van der Waals surface area contributed by atoms with Crippen molar-refractivity contribution in [2.45, 2.75) is 13.8 Å². The van der Waals surface area contributed by atoms with E-state index in [0.29, 0.717) is 16.4 Å². The number of pyridine rings is 1. The van der Waals surface area contributed by atoms with E-state index in [4.69, 9.17) is 11.6 Å². The number of nitrogens with zero attached hydrogens (tertiary/aromatic N) is 1. The summed E-state index contributed by atoms with van der Waals surface area (Å²) >= 11 is 5.97. The van der Waals surface area contributed by atoms with E-state index >= 15 is 0 Å². The van der Waals surface area contributed by atoms with Gasteiger partial charge in [-0.2, -0.15) is 0 Å². The highest BCUT2D eigenvalue weighted by Gasteiger charge is 2.10. The number of hydrogen-bond acceptors (Lipinski definition) is 3. The number of nitrogens with one attached hydrogen (secondary N) is 2. The predicted octanol–water partition coefficient (Wildman–Crippen LogP) is 3.73. The van der Waals surface area contributed by atoms with E-state index in [-0.39, 0.29) is 5.91 Å². The Balaban J connectivity index is 2.18. The van der Waals surface area contributed by atoms with Crippen molar-refractivity contribution >= 4 is 29.0 Å². The number of amides is 1. The smallest absolute Gasteiger partial charge is 0.256 e. The molecule has 2 aromatic rings. The Kier molecular flexibility index (Phi) is 4.58. The largest absolute Gasteiger partial charge is 0.385 e. The van der Waals surface area contributed by atoms with Crippen LogP contribution in [0.5, 0.6) is 0 Å². The average Bonchev–Trinajstić information content (AvgIpc) is 2.43. The van der Waals surface area contributed by atoms with Gasteiger partial charge in [-0.15, -0.1) is 0 Å². The fourth-order valence-corrected chi connectivity index (χ4v) is 2.02. The number of benzene rings is 1. The Hall–Kier alpha value is -2.07. The molecule has 0 fully saturated rings. The monoisotopic (exact) mass is 289 g/mol. The molecule has 0 aliphatic heterocycles. The molecule has 5 heteroatoms. The zero-order valence-corrected chi connectivity index (χ0v) is 12.2. The molecule has 1 amide bonds.